The number of carbonyl (C=O) groups is 1. The average Bonchev–Trinajstić information content (AvgIpc) is 2.87. The van der Waals surface area contributed by atoms with Gasteiger partial charge in [-0.1, -0.05) is 31.5 Å². The summed E-state index contributed by atoms with van der Waals surface area (Å²) in [5, 5.41) is 4.78. The number of sulfone groups is 1. The molecule has 0 aliphatic heterocycles. The normalized spacial score (nSPS) is 11.3. The van der Waals surface area contributed by atoms with Crippen LogP contribution in [0.1, 0.15) is 35.7 Å². The molecule has 0 saturated carbocycles. The zero-order valence-electron chi connectivity index (χ0n) is 18.9. The lowest BCUT2D eigenvalue weighted by Gasteiger charge is -2.09. The Bertz CT molecular complexity index is 1380. The average molecular weight is 475 g/mol. The first-order valence-electron chi connectivity index (χ1n) is 11.2. The van der Waals surface area contributed by atoms with E-state index in [1.165, 1.54) is 0 Å². The molecule has 1 N–H and O–H groups in total. The van der Waals surface area contributed by atoms with Gasteiger partial charge >= 0.3 is 0 Å². The summed E-state index contributed by atoms with van der Waals surface area (Å²) in [4.78, 5) is 17.0. The second-order valence-electron chi connectivity index (χ2n) is 7.94. The molecule has 0 atom stereocenters. The third-order valence-electron chi connectivity index (χ3n) is 5.49. The Kier molecular flexibility index (Phi) is 7.23. The van der Waals surface area contributed by atoms with Gasteiger partial charge in [-0.25, -0.2) is 8.42 Å². The van der Waals surface area contributed by atoms with Gasteiger partial charge in [-0.3, -0.25) is 9.78 Å². The quantitative estimate of drug-likeness (QED) is 0.338. The highest BCUT2D eigenvalue weighted by atomic mass is 32.2. The summed E-state index contributed by atoms with van der Waals surface area (Å²) in [5.74, 6) is 0.449. The van der Waals surface area contributed by atoms with Crippen LogP contribution in [0, 0.1) is 0 Å². The molecule has 4 aromatic rings. The van der Waals surface area contributed by atoms with Crippen LogP contribution in [0.4, 0.5) is 0 Å². The second kappa shape index (κ2) is 10.5. The first-order valence-corrected chi connectivity index (χ1v) is 12.6. The molecular weight excluding hydrogens is 448 g/mol. The number of hydrogen-bond donors (Lipinski definition) is 1. The Morgan fingerprint density at radius 2 is 1.62 bits per heavy atom. The lowest BCUT2D eigenvalue weighted by atomic mass is 10.1. The van der Waals surface area contributed by atoms with Crippen molar-refractivity contribution in [2.45, 2.75) is 36.1 Å². The fraction of sp³-hybridized carbons (Fsp3) is 0.185. The fourth-order valence-electron chi connectivity index (χ4n) is 3.48. The van der Waals surface area contributed by atoms with E-state index in [4.69, 9.17) is 4.74 Å². The van der Waals surface area contributed by atoms with Crippen molar-refractivity contribution in [1.82, 2.24) is 10.3 Å². The van der Waals surface area contributed by atoms with Crippen molar-refractivity contribution in [2.24, 2.45) is 0 Å². The minimum Gasteiger partial charge on any atom is -0.494 e. The maximum absolute atomic E-state index is 13.0. The lowest BCUT2D eigenvalue weighted by molar-refractivity contribution is 0.0951. The van der Waals surface area contributed by atoms with Crippen LogP contribution in [0.2, 0.25) is 0 Å². The molecule has 1 amide bonds. The zero-order valence-corrected chi connectivity index (χ0v) is 19.7. The van der Waals surface area contributed by atoms with Crippen LogP contribution in [0.5, 0.6) is 5.75 Å². The molecule has 1 aromatic heterocycles. The topological polar surface area (TPSA) is 85.4 Å². The Hall–Kier alpha value is -3.71. The summed E-state index contributed by atoms with van der Waals surface area (Å²) >= 11 is 0. The number of aromatic nitrogens is 1. The van der Waals surface area contributed by atoms with E-state index in [9.17, 15) is 13.2 Å². The summed E-state index contributed by atoms with van der Waals surface area (Å²) in [5.41, 5.74) is 1.34. The molecule has 1 heterocycles. The van der Waals surface area contributed by atoms with Gasteiger partial charge in [0.25, 0.3) is 5.91 Å². The number of hydrogen-bond acceptors (Lipinski definition) is 5. The van der Waals surface area contributed by atoms with Gasteiger partial charge in [-0.2, -0.15) is 0 Å². The molecule has 4 rings (SSSR count). The number of unbranched alkanes of at least 4 members (excludes halogenated alkanes) is 1. The van der Waals surface area contributed by atoms with E-state index >= 15 is 0 Å². The largest absolute Gasteiger partial charge is 0.494 e. The van der Waals surface area contributed by atoms with E-state index in [2.05, 4.69) is 17.2 Å². The lowest BCUT2D eigenvalue weighted by Crippen LogP contribution is -2.22. The fourth-order valence-corrected chi connectivity index (χ4v) is 4.74. The minimum atomic E-state index is -3.64. The number of nitrogens with one attached hydrogen (secondary N) is 1. The molecular formula is C27H26N2O4S. The molecule has 0 unspecified atom stereocenters. The summed E-state index contributed by atoms with van der Waals surface area (Å²) in [6, 6.07) is 20.4. The predicted octanol–water partition coefficient (Wildman–Crippen LogP) is 5.18. The molecule has 0 fully saturated rings. The standard InChI is InChI=1S/C27H26N2O4S/c1-2-3-16-33-24-8-12-26(13-9-24)34(31,32)25-10-4-20(5-11-25)18-29-27(30)22-7-6-21-14-15-28-19-23(21)17-22/h4-15,17,19H,2-3,16,18H2,1H3,(H,29,30). The van der Waals surface area contributed by atoms with Crippen LogP contribution in [-0.4, -0.2) is 25.9 Å². The molecule has 0 aliphatic rings. The highest BCUT2D eigenvalue weighted by molar-refractivity contribution is 7.91. The number of benzene rings is 3. The number of nitrogens with zero attached hydrogens (tertiary/aromatic N) is 1. The van der Waals surface area contributed by atoms with Crippen molar-refractivity contribution in [3.63, 3.8) is 0 Å². The van der Waals surface area contributed by atoms with E-state index < -0.39 is 9.84 Å². The van der Waals surface area contributed by atoms with Gasteiger partial charge in [0, 0.05) is 29.9 Å². The summed E-state index contributed by atoms with van der Waals surface area (Å²) in [6.45, 7) is 2.98. The summed E-state index contributed by atoms with van der Waals surface area (Å²) in [6.07, 6.45) is 5.42. The van der Waals surface area contributed by atoms with Gasteiger partial charge in [0.1, 0.15) is 5.75 Å². The van der Waals surface area contributed by atoms with E-state index in [1.54, 1.807) is 73.1 Å². The Morgan fingerprint density at radius 1 is 0.912 bits per heavy atom. The third kappa shape index (κ3) is 5.43. The number of amides is 1. The van der Waals surface area contributed by atoms with Gasteiger partial charge in [-0.05, 0) is 72.0 Å². The van der Waals surface area contributed by atoms with Crippen molar-refractivity contribution < 1.29 is 17.9 Å². The van der Waals surface area contributed by atoms with Crippen LogP contribution in [0.3, 0.4) is 0 Å². The number of carbonyl (C=O) groups excluding carboxylic acids is 1. The number of ether oxygens (including phenoxy) is 1. The van der Waals surface area contributed by atoms with Gasteiger partial charge in [0.15, 0.2) is 0 Å². The van der Waals surface area contributed by atoms with Crippen LogP contribution in [-0.2, 0) is 16.4 Å². The SMILES string of the molecule is CCCCOc1ccc(S(=O)(=O)c2ccc(CNC(=O)c3ccc4ccncc4c3)cc2)cc1. The van der Waals surface area contributed by atoms with Crippen molar-refractivity contribution >= 4 is 26.5 Å². The molecule has 0 radical (unpaired) electrons. The molecule has 34 heavy (non-hydrogen) atoms. The smallest absolute Gasteiger partial charge is 0.251 e. The summed E-state index contributed by atoms with van der Waals surface area (Å²) in [7, 11) is -3.64. The molecule has 0 bridgehead atoms. The molecule has 7 heteroatoms. The van der Waals surface area contributed by atoms with Crippen LogP contribution in [0.25, 0.3) is 10.8 Å². The Morgan fingerprint density at radius 3 is 2.32 bits per heavy atom. The van der Waals surface area contributed by atoms with Gasteiger partial charge in [0.05, 0.1) is 16.4 Å². The molecule has 3 aromatic carbocycles. The number of pyridine rings is 1. The predicted molar refractivity (Wildman–Crippen MR) is 132 cm³/mol. The minimum absolute atomic E-state index is 0.198. The second-order valence-corrected chi connectivity index (χ2v) is 9.89. The van der Waals surface area contributed by atoms with Crippen LogP contribution < -0.4 is 10.1 Å². The molecule has 6 nitrogen and oxygen atoms in total. The highest BCUT2D eigenvalue weighted by Crippen LogP contribution is 2.24. The number of fused-ring (bicyclic) bond motifs is 1. The molecule has 0 aliphatic carbocycles. The van der Waals surface area contributed by atoms with Crippen molar-refractivity contribution in [3.05, 3.63) is 96.3 Å². The van der Waals surface area contributed by atoms with Gasteiger partial charge < -0.3 is 10.1 Å². The van der Waals surface area contributed by atoms with Crippen LogP contribution >= 0.6 is 0 Å². The first-order chi connectivity index (χ1) is 16.5. The molecule has 0 spiro atoms. The molecule has 0 saturated heterocycles. The van der Waals surface area contributed by atoms with Crippen molar-refractivity contribution in [2.75, 3.05) is 6.61 Å². The number of rotatable bonds is 9. The first kappa shape index (κ1) is 23.4. The third-order valence-corrected chi connectivity index (χ3v) is 7.28. The molecule has 174 valence electrons. The van der Waals surface area contributed by atoms with E-state index in [-0.39, 0.29) is 22.2 Å². The van der Waals surface area contributed by atoms with Crippen molar-refractivity contribution in [1.29, 1.82) is 0 Å². The van der Waals surface area contributed by atoms with E-state index in [0.717, 1.165) is 29.2 Å². The van der Waals surface area contributed by atoms with Crippen molar-refractivity contribution in [3.8, 4) is 5.75 Å². The maximum atomic E-state index is 13.0. The summed E-state index contributed by atoms with van der Waals surface area (Å²) < 4.78 is 31.5. The highest BCUT2D eigenvalue weighted by Gasteiger charge is 2.17. The maximum Gasteiger partial charge on any atom is 0.251 e. The van der Waals surface area contributed by atoms with E-state index in [0.29, 0.717) is 17.9 Å². The Labute approximate surface area is 199 Å². The van der Waals surface area contributed by atoms with E-state index in [1.807, 2.05) is 12.1 Å². The Balaban J connectivity index is 1.39. The van der Waals surface area contributed by atoms with Crippen LogP contribution in [0.15, 0.2) is 95.0 Å². The van der Waals surface area contributed by atoms with Gasteiger partial charge in [0.2, 0.25) is 9.84 Å². The monoisotopic (exact) mass is 474 g/mol. The zero-order chi connectivity index (χ0) is 24.0. The van der Waals surface area contributed by atoms with Gasteiger partial charge in [-0.15, -0.1) is 0 Å².